The second-order valence-corrected chi connectivity index (χ2v) is 7.68. The van der Waals surface area contributed by atoms with E-state index in [0.717, 1.165) is 0 Å². The Morgan fingerprint density at radius 1 is 0.950 bits per heavy atom. The van der Waals surface area contributed by atoms with Crippen LogP contribution in [-0.4, -0.2) is 79.9 Å². The molecule has 0 bridgehead atoms. The van der Waals surface area contributed by atoms with Gasteiger partial charge in [-0.15, -0.1) is 0 Å². The minimum Gasteiger partial charge on any atom is -0.308 e. The highest BCUT2D eigenvalue weighted by Gasteiger charge is 2.33. The van der Waals surface area contributed by atoms with Crippen LogP contribution in [-0.2, 0) is 0 Å². The Hall–Kier alpha value is 0.360. The van der Waals surface area contributed by atoms with Crippen molar-refractivity contribution in [3.8, 4) is 0 Å². The number of hydrogen-bond donors (Lipinski definition) is 0. The van der Waals surface area contributed by atoms with Gasteiger partial charge in [0, 0.05) is 51.1 Å². The fourth-order valence-corrected chi connectivity index (χ4v) is 4.36. The molecule has 2 aliphatic rings. The molecule has 0 radical (unpaired) electrons. The van der Waals surface area contributed by atoms with Crippen molar-refractivity contribution in [2.75, 3.05) is 65.2 Å². The van der Waals surface area contributed by atoms with Crippen LogP contribution >= 0.6 is 15.9 Å². The Morgan fingerprint density at radius 2 is 1.55 bits per heavy atom. The molecule has 0 atom stereocenters. The molecule has 1 saturated carbocycles. The summed E-state index contributed by atoms with van der Waals surface area (Å²) in [4.78, 5) is 7.63. The number of likely N-dealkylation sites (N-methyl/N-ethyl adjacent to an activating group) is 1. The van der Waals surface area contributed by atoms with Crippen LogP contribution in [0.1, 0.15) is 32.1 Å². The lowest BCUT2D eigenvalue weighted by molar-refractivity contribution is 0.0729. The first-order valence-electron chi connectivity index (χ1n) is 8.29. The van der Waals surface area contributed by atoms with Crippen LogP contribution in [0.2, 0.25) is 0 Å². The largest absolute Gasteiger partial charge is 0.308 e. The molecule has 0 aromatic heterocycles. The fraction of sp³-hybridized carbons (Fsp3) is 1.00. The maximum absolute atomic E-state index is 3.80. The zero-order chi connectivity index (χ0) is 14.4. The summed E-state index contributed by atoms with van der Waals surface area (Å²) in [6.45, 7) is 8.78. The van der Waals surface area contributed by atoms with Crippen molar-refractivity contribution in [3.05, 3.63) is 0 Å². The van der Waals surface area contributed by atoms with Gasteiger partial charge in [0.1, 0.15) is 0 Å². The van der Waals surface area contributed by atoms with Crippen LogP contribution in [0.15, 0.2) is 0 Å². The molecular weight excluding hydrogens is 314 g/mol. The van der Waals surface area contributed by atoms with Gasteiger partial charge in [0.05, 0.1) is 0 Å². The normalized spacial score (nSPS) is 25.2. The molecule has 2 fully saturated rings. The van der Waals surface area contributed by atoms with Crippen molar-refractivity contribution >= 4 is 15.9 Å². The van der Waals surface area contributed by atoms with Crippen LogP contribution < -0.4 is 0 Å². The summed E-state index contributed by atoms with van der Waals surface area (Å²) in [7, 11) is 4.33. The molecule has 1 saturated heterocycles. The predicted molar refractivity (Wildman–Crippen MR) is 90.7 cm³/mol. The molecule has 0 N–H and O–H groups in total. The molecule has 0 spiro atoms. The summed E-state index contributed by atoms with van der Waals surface area (Å²) in [6.07, 6.45) is 7.19. The molecule has 0 unspecified atom stereocenters. The van der Waals surface area contributed by atoms with Crippen LogP contribution in [0.4, 0.5) is 0 Å². The number of nitrogens with zero attached hydrogens (tertiary/aromatic N) is 3. The van der Waals surface area contributed by atoms with Crippen molar-refractivity contribution in [1.82, 2.24) is 14.7 Å². The number of rotatable bonds is 6. The van der Waals surface area contributed by atoms with Gasteiger partial charge >= 0.3 is 0 Å². The Balaban J connectivity index is 1.73. The topological polar surface area (TPSA) is 9.72 Å². The minimum atomic E-state index is 0.573. The second kappa shape index (κ2) is 8.11. The molecule has 0 aromatic rings. The quantitative estimate of drug-likeness (QED) is 0.685. The Morgan fingerprint density at radius 3 is 2.10 bits per heavy atom. The third-order valence-corrected chi connectivity index (χ3v) is 6.27. The summed E-state index contributed by atoms with van der Waals surface area (Å²) in [5.41, 5.74) is 0.573. The van der Waals surface area contributed by atoms with Gasteiger partial charge < -0.3 is 9.80 Å². The monoisotopic (exact) mass is 345 g/mol. The van der Waals surface area contributed by atoms with Gasteiger partial charge in [0.25, 0.3) is 0 Å². The lowest BCUT2D eigenvalue weighted by atomic mass is 9.75. The summed E-state index contributed by atoms with van der Waals surface area (Å²) < 4.78 is 0. The number of piperazine rings is 1. The van der Waals surface area contributed by atoms with Crippen LogP contribution in [0.5, 0.6) is 0 Å². The first-order chi connectivity index (χ1) is 9.63. The van der Waals surface area contributed by atoms with Crippen LogP contribution in [0, 0.1) is 5.41 Å². The second-order valence-electron chi connectivity index (χ2n) is 7.12. The summed E-state index contributed by atoms with van der Waals surface area (Å²) in [6, 6.07) is 0. The molecule has 1 heterocycles. The van der Waals surface area contributed by atoms with E-state index in [4.69, 9.17) is 0 Å². The van der Waals surface area contributed by atoms with E-state index >= 15 is 0 Å². The Labute approximate surface area is 133 Å². The molecule has 118 valence electrons. The molecule has 0 aromatic carbocycles. The molecule has 1 aliphatic carbocycles. The first-order valence-corrected chi connectivity index (χ1v) is 9.41. The highest BCUT2D eigenvalue weighted by Crippen LogP contribution is 2.38. The van der Waals surface area contributed by atoms with Crippen molar-refractivity contribution in [1.29, 1.82) is 0 Å². The van der Waals surface area contributed by atoms with E-state index in [1.54, 1.807) is 0 Å². The van der Waals surface area contributed by atoms with E-state index in [0.29, 0.717) is 5.41 Å². The SMILES string of the molecule is CN(C)CCN1CCN(CC2(CBr)CCCCC2)CC1. The van der Waals surface area contributed by atoms with Crippen molar-refractivity contribution in [2.45, 2.75) is 32.1 Å². The van der Waals surface area contributed by atoms with Gasteiger partial charge in [0.15, 0.2) is 0 Å². The third kappa shape index (κ3) is 4.97. The highest BCUT2D eigenvalue weighted by atomic mass is 79.9. The molecule has 0 amide bonds. The molecule has 3 nitrogen and oxygen atoms in total. The van der Waals surface area contributed by atoms with Gasteiger partial charge in [0.2, 0.25) is 0 Å². The molecule has 4 heteroatoms. The third-order valence-electron chi connectivity index (χ3n) is 5.09. The maximum atomic E-state index is 3.80. The average Bonchev–Trinajstić information content (AvgIpc) is 2.47. The van der Waals surface area contributed by atoms with E-state index in [1.807, 2.05) is 0 Å². The van der Waals surface area contributed by atoms with E-state index in [9.17, 15) is 0 Å². The van der Waals surface area contributed by atoms with E-state index in [-0.39, 0.29) is 0 Å². The van der Waals surface area contributed by atoms with Gasteiger partial charge in [-0.3, -0.25) is 4.90 Å². The summed E-state index contributed by atoms with van der Waals surface area (Å²) in [5, 5.41) is 1.20. The zero-order valence-corrected chi connectivity index (χ0v) is 15.0. The predicted octanol–water partition coefficient (Wildman–Crippen LogP) is 2.51. The lowest BCUT2D eigenvalue weighted by Crippen LogP contribution is -2.51. The minimum absolute atomic E-state index is 0.573. The van der Waals surface area contributed by atoms with Crippen LogP contribution in [0.3, 0.4) is 0 Å². The van der Waals surface area contributed by atoms with E-state index in [1.165, 1.54) is 83.2 Å². The first kappa shape index (κ1) is 16.7. The van der Waals surface area contributed by atoms with E-state index in [2.05, 4.69) is 44.7 Å². The zero-order valence-electron chi connectivity index (χ0n) is 13.4. The van der Waals surface area contributed by atoms with Crippen LogP contribution in [0.25, 0.3) is 0 Å². The Bertz CT molecular complexity index is 269. The molecule has 20 heavy (non-hydrogen) atoms. The van der Waals surface area contributed by atoms with Crippen molar-refractivity contribution in [2.24, 2.45) is 5.41 Å². The Kier molecular flexibility index (Phi) is 6.79. The standard InChI is InChI=1S/C16H32BrN3/c1-18(2)8-9-19-10-12-20(13-11-19)15-16(14-17)6-4-3-5-7-16/h3-15H2,1-2H3. The van der Waals surface area contributed by atoms with Crippen molar-refractivity contribution in [3.63, 3.8) is 0 Å². The van der Waals surface area contributed by atoms with Gasteiger partial charge in [-0.05, 0) is 32.4 Å². The van der Waals surface area contributed by atoms with Gasteiger partial charge in [-0.1, -0.05) is 35.2 Å². The number of halogens is 1. The number of hydrogen-bond acceptors (Lipinski definition) is 3. The molecule has 2 rings (SSSR count). The van der Waals surface area contributed by atoms with Gasteiger partial charge in [-0.2, -0.15) is 0 Å². The van der Waals surface area contributed by atoms with Gasteiger partial charge in [-0.25, -0.2) is 0 Å². The fourth-order valence-electron chi connectivity index (χ4n) is 3.62. The number of alkyl halides is 1. The van der Waals surface area contributed by atoms with E-state index < -0.39 is 0 Å². The summed E-state index contributed by atoms with van der Waals surface area (Å²) >= 11 is 3.80. The summed E-state index contributed by atoms with van der Waals surface area (Å²) in [5.74, 6) is 0. The van der Waals surface area contributed by atoms with Crippen molar-refractivity contribution < 1.29 is 0 Å². The smallest absolute Gasteiger partial charge is 0.0110 e. The molecular formula is C16H32BrN3. The average molecular weight is 346 g/mol. The highest BCUT2D eigenvalue weighted by molar-refractivity contribution is 9.09. The lowest BCUT2D eigenvalue weighted by Gasteiger charge is -2.43. The molecule has 1 aliphatic heterocycles. The maximum Gasteiger partial charge on any atom is 0.0110 e.